The molecular weight excluding hydrogens is 373 g/mol. The van der Waals surface area contributed by atoms with E-state index < -0.39 is 29.8 Å². The van der Waals surface area contributed by atoms with Gasteiger partial charge in [-0.05, 0) is 57.9 Å². The van der Waals surface area contributed by atoms with Crippen LogP contribution in [0.3, 0.4) is 0 Å². The van der Waals surface area contributed by atoms with Crippen molar-refractivity contribution in [1.29, 1.82) is 0 Å². The molecule has 0 bridgehead atoms. The van der Waals surface area contributed by atoms with Crippen LogP contribution < -0.4 is 5.32 Å². The van der Waals surface area contributed by atoms with E-state index in [-0.39, 0.29) is 11.7 Å². The maximum absolute atomic E-state index is 13.4. The molecule has 0 aromatic heterocycles. The Morgan fingerprint density at radius 2 is 1.48 bits per heavy atom. The molecule has 0 unspecified atom stereocenters. The molecule has 0 fully saturated rings. The molecule has 0 saturated carbocycles. The number of halogens is 1. The predicted octanol–water partition coefficient (Wildman–Crippen LogP) is 4.80. The van der Waals surface area contributed by atoms with E-state index in [1.54, 1.807) is 39.8 Å². The summed E-state index contributed by atoms with van der Waals surface area (Å²) in [5, 5.41) is 2.48. The summed E-state index contributed by atoms with van der Waals surface area (Å²) in [6.45, 7) is 8.54. The van der Waals surface area contributed by atoms with E-state index in [1.165, 1.54) is 19.1 Å². The summed E-state index contributed by atoms with van der Waals surface area (Å²) >= 11 is 0. The number of amides is 1. The number of esters is 1. The lowest BCUT2D eigenvalue weighted by Crippen LogP contribution is -2.43. The molecule has 0 aliphatic heterocycles. The Hall–Kier alpha value is -2.89. The number of hydrogen-bond acceptors (Lipinski definition) is 4. The van der Waals surface area contributed by atoms with E-state index in [0.717, 1.165) is 11.1 Å². The summed E-state index contributed by atoms with van der Waals surface area (Å²) in [4.78, 5) is 24.4. The normalized spacial score (nSPS) is 14.4. The SMILES string of the molecule is C[C@H](NC(=O)OC(C)(C)C)C(=O)O[C@@H](C)[C@@H](c1ccccc1)c1ccc(F)cc1. The molecule has 2 aromatic rings. The zero-order chi connectivity index (χ0) is 21.6. The van der Waals surface area contributed by atoms with Crippen molar-refractivity contribution < 1.29 is 23.5 Å². The number of rotatable bonds is 6. The highest BCUT2D eigenvalue weighted by Gasteiger charge is 2.28. The first-order chi connectivity index (χ1) is 13.6. The Kier molecular flexibility index (Phi) is 7.37. The third-order valence-corrected chi connectivity index (χ3v) is 4.25. The zero-order valence-electron chi connectivity index (χ0n) is 17.4. The topological polar surface area (TPSA) is 64.6 Å². The Labute approximate surface area is 171 Å². The summed E-state index contributed by atoms with van der Waals surface area (Å²) in [5.41, 5.74) is 1.10. The fourth-order valence-corrected chi connectivity index (χ4v) is 2.96. The van der Waals surface area contributed by atoms with Crippen LogP contribution in [0.25, 0.3) is 0 Å². The number of ether oxygens (including phenoxy) is 2. The van der Waals surface area contributed by atoms with Crippen LogP contribution in [0, 0.1) is 5.82 Å². The van der Waals surface area contributed by atoms with Gasteiger partial charge in [-0.3, -0.25) is 0 Å². The highest BCUT2D eigenvalue weighted by atomic mass is 19.1. The molecule has 2 rings (SSSR count). The van der Waals surface area contributed by atoms with Crippen molar-refractivity contribution in [2.45, 2.75) is 58.3 Å². The van der Waals surface area contributed by atoms with Crippen molar-refractivity contribution in [2.75, 3.05) is 0 Å². The van der Waals surface area contributed by atoms with Crippen LogP contribution in [-0.2, 0) is 14.3 Å². The van der Waals surface area contributed by atoms with E-state index in [1.807, 2.05) is 30.3 Å². The largest absolute Gasteiger partial charge is 0.460 e. The summed E-state index contributed by atoms with van der Waals surface area (Å²) in [5.74, 6) is -1.19. The van der Waals surface area contributed by atoms with E-state index in [9.17, 15) is 14.0 Å². The average Bonchev–Trinajstić information content (AvgIpc) is 2.62. The van der Waals surface area contributed by atoms with Gasteiger partial charge in [-0.1, -0.05) is 42.5 Å². The molecule has 0 spiro atoms. The van der Waals surface area contributed by atoms with Crippen molar-refractivity contribution in [3.8, 4) is 0 Å². The average molecular weight is 401 g/mol. The molecule has 0 heterocycles. The second-order valence-electron chi connectivity index (χ2n) is 7.95. The quantitative estimate of drug-likeness (QED) is 0.706. The Morgan fingerprint density at radius 3 is 2.03 bits per heavy atom. The lowest BCUT2D eigenvalue weighted by molar-refractivity contribution is -0.150. The molecule has 156 valence electrons. The van der Waals surface area contributed by atoms with Gasteiger partial charge in [0.25, 0.3) is 0 Å². The number of carbonyl (C=O) groups is 2. The first kappa shape index (κ1) is 22.4. The third kappa shape index (κ3) is 6.89. The van der Waals surface area contributed by atoms with Crippen LogP contribution >= 0.6 is 0 Å². The molecule has 6 heteroatoms. The molecule has 0 saturated heterocycles. The minimum Gasteiger partial charge on any atom is -0.460 e. The molecule has 5 nitrogen and oxygen atoms in total. The molecule has 29 heavy (non-hydrogen) atoms. The molecule has 0 aliphatic carbocycles. The minimum atomic E-state index is -0.878. The third-order valence-electron chi connectivity index (χ3n) is 4.25. The Bertz CT molecular complexity index is 815. The highest BCUT2D eigenvalue weighted by Crippen LogP contribution is 2.30. The van der Waals surface area contributed by atoms with Crippen molar-refractivity contribution in [3.05, 3.63) is 71.5 Å². The van der Waals surface area contributed by atoms with Crippen molar-refractivity contribution in [2.24, 2.45) is 0 Å². The van der Waals surface area contributed by atoms with Gasteiger partial charge in [-0.15, -0.1) is 0 Å². The number of nitrogens with one attached hydrogen (secondary N) is 1. The predicted molar refractivity (Wildman–Crippen MR) is 109 cm³/mol. The van der Waals surface area contributed by atoms with E-state index in [0.29, 0.717) is 0 Å². The van der Waals surface area contributed by atoms with Crippen LogP contribution in [0.4, 0.5) is 9.18 Å². The molecule has 1 amide bonds. The molecular formula is C23H28FNO4. The van der Waals surface area contributed by atoms with Gasteiger partial charge in [-0.25, -0.2) is 14.0 Å². The van der Waals surface area contributed by atoms with Crippen LogP contribution in [0.5, 0.6) is 0 Å². The van der Waals surface area contributed by atoms with Crippen molar-refractivity contribution >= 4 is 12.1 Å². The number of benzene rings is 2. The fourth-order valence-electron chi connectivity index (χ4n) is 2.96. The second kappa shape index (κ2) is 9.54. The van der Waals surface area contributed by atoms with Gasteiger partial charge < -0.3 is 14.8 Å². The lowest BCUT2D eigenvalue weighted by Gasteiger charge is -2.27. The summed E-state index contributed by atoms with van der Waals surface area (Å²) in [6, 6.07) is 14.8. The minimum absolute atomic E-state index is 0.283. The van der Waals surface area contributed by atoms with E-state index in [4.69, 9.17) is 9.47 Å². The smallest absolute Gasteiger partial charge is 0.408 e. The van der Waals surface area contributed by atoms with Gasteiger partial charge >= 0.3 is 12.1 Å². The monoisotopic (exact) mass is 401 g/mol. The summed E-state index contributed by atoms with van der Waals surface area (Å²) in [6.07, 6.45) is -1.23. The molecule has 3 atom stereocenters. The molecule has 0 aliphatic rings. The molecule has 1 N–H and O–H groups in total. The maximum Gasteiger partial charge on any atom is 0.408 e. The van der Waals surface area contributed by atoms with Crippen LogP contribution in [0.15, 0.2) is 54.6 Å². The van der Waals surface area contributed by atoms with Gasteiger partial charge in [0.05, 0.1) is 0 Å². The fraction of sp³-hybridized carbons (Fsp3) is 0.391. The Balaban J connectivity index is 2.13. The summed E-state index contributed by atoms with van der Waals surface area (Å²) < 4.78 is 24.2. The van der Waals surface area contributed by atoms with Crippen LogP contribution in [0.2, 0.25) is 0 Å². The summed E-state index contributed by atoms with van der Waals surface area (Å²) in [7, 11) is 0. The lowest BCUT2D eigenvalue weighted by atomic mass is 9.87. The van der Waals surface area contributed by atoms with Gasteiger partial charge in [0.15, 0.2) is 0 Å². The second-order valence-corrected chi connectivity index (χ2v) is 7.95. The Morgan fingerprint density at radius 1 is 0.931 bits per heavy atom. The highest BCUT2D eigenvalue weighted by molar-refractivity contribution is 5.81. The number of hydrogen-bond donors (Lipinski definition) is 1. The van der Waals surface area contributed by atoms with Crippen molar-refractivity contribution in [3.63, 3.8) is 0 Å². The number of alkyl carbamates (subject to hydrolysis) is 1. The molecule has 2 aromatic carbocycles. The standard InChI is InChI=1S/C23H28FNO4/c1-15(25-22(27)29-23(3,4)5)21(26)28-16(2)20(17-9-7-6-8-10-17)18-11-13-19(24)14-12-18/h6-16,20H,1-5H3,(H,25,27)/t15-,16-,20-/m0/s1. The van der Waals surface area contributed by atoms with Gasteiger partial charge in [0.2, 0.25) is 0 Å². The van der Waals surface area contributed by atoms with Gasteiger partial charge in [0.1, 0.15) is 23.6 Å². The van der Waals surface area contributed by atoms with Gasteiger partial charge in [-0.2, -0.15) is 0 Å². The van der Waals surface area contributed by atoms with Crippen molar-refractivity contribution in [1.82, 2.24) is 5.32 Å². The molecule has 0 radical (unpaired) electrons. The zero-order valence-corrected chi connectivity index (χ0v) is 17.4. The number of carbonyl (C=O) groups excluding carboxylic acids is 2. The van der Waals surface area contributed by atoms with Crippen LogP contribution in [-0.4, -0.2) is 29.8 Å². The van der Waals surface area contributed by atoms with Crippen LogP contribution in [0.1, 0.15) is 51.7 Å². The first-order valence-corrected chi connectivity index (χ1v) is 9.57. The van der Waals surface area contributed by atoms with E-state index >= 15 is 0 Å². The first-order valence-electron chi connectivity index (χ1n) is 9.57. The maximum atomic E-state index is 13.4. The van der Waals surface area contributed by atoms with E-state index in [2.05, 4.69) is 5.32 Å². The van der Waals surface area contributed by atoms with Gasteiger partial charge in [0, 0.05) is 5.92 Å².